The van der Waals surface area contributed by atoms with E-state index in [9.17, 15) is 4.79 Å². The fourth-order valence-corrected chi connectivity index (χ4v) is 3.79. The molecule has 3 fully saturated rings. The monoisotopic (exact) mass is 279 g/mol. The molecule has 0 bridgehead atoms. The highest BCUT2D eigenvalue weighted by Gasteiger charge is 2.32. The van der Waals surface area contributed by atoms with Crippen LogP contribution in [0, 0.1) is 5.92 Å². The second-order valence-electron chi connectivity index (χ2n) is 6.91. The molecule has 1 atom stereocenters. The van der Waals surface area contributed by atoms with E-state index in [1.165, 1.54) is 45.2 Å². The molecule has 0 aromatic heterocycles. The number of hydrogen-bond acceptors (Lipinski definition) is 3. The largest absolute Gasteiger partial charge is 0.343 e. The topological polar surface area (TPSA) is 49.6 Å². The Kier molecular flexibility index (Phi) is 4.61. The van der Waals surface area contributed by atoms with Crippen LogP contribution in [0.1, 0.15) is 51.4 Å². The summed E-state index contributed by atoms with van der Waals surface area (Å²) in [5.41, 5.74) is 6.08. The van der Waals surface area contributed by atoms with Crippen LogP contribution in [0.25, 0.3) is 0 Å². The predicted octanol–water partition coefficient (Wildman–Crippen LogP) is 1.59. The Labute approximate surface area is 122 Å². The third-order valence-corrected chi connectivity index (χ3v) is 5.36. The minimum atomic E-state index is 0.113. The fourth-order valence-electron chi connectivity index (χ4n) is 3.79. The molecule has 2 saturated heterocycles. The summed E-state index contributed by atoms with van der Waals surface area (Å²) >= 11 is 0. The molecule has 0 spiro atoms. The van der Waals surface area contributed by atoms with Gasteiger partial charge in [0.2, 0.25) is 5.91 Å². The lowest BCUT2D eigenvalue weighted by atomic mass is 9.99. The van der Waals surface area contributed by atoms with E-state index < -0.39 is 0 Å². The summed E-state index contributed by atoms with van der Waals surface area (Å²) in [6.45, 7) is 4.42. The van der Waals surface area contributed by atoms with Gasteiger partial charge in [0.05, 0.1) is 0 Å². The quantitative estimate of drug-likeness (QED) is 0.850. The van der Waals surface area contributed by atoms with Gasteiger partial charge in [-0.3, -0.25) is 4.79 Å². The Morgan fingerprint density at radius 1 is 1.00 bits per heavy atom. The van der Waals surface area contributed by atoms with Gasteiger partial charge in [-0.25, -0.2) is 0 Å². The van der Waals surface area contributed by atoms with Crippen LogP contribution in [0.5, 0.6) is 0 Å². The van der Waals surface area contributed by atoms with Crippen molar-refractivity contribution < 1.29 is 4.79 Å². The molecule has 0 radical (unpaired) electrons. The molecule has 0 aromatic rings. The van der Waals surface area contributed by atoms with Crippen molar-refractivity contribution >= 4 is 5.91 Å². The van der Waals surface area contributed by atoms with E-state index in [1.807, 2.05) is 0 Å². The zero-order valence-corrected chi connectivity index (χ0v) is 12.6. The number of hydrogen-bond donors (Lipinski definition) is 1. The molecule has 4 nitrogen and oxygen atoms in total. The lowest BCUT2D eigenvalue weighted by Crippen LogP contribution is -2.49. The highest BCUT2D eigenvalue weighted by molar-refractivity contribution is 5.77. The SMILES string of the molecule is NC(CC(=O)N1CCC(N2CCCCC2)CC1)C1CC1. The van der Waals surface area contributed by atoms with Gasteiger partial charge in [0, 0.05) is 31.6 Å². The Morgan fingerprint density at radius 2 is 1.65 bits per heavy atom. The van der Waals surface area contributed by atoms with E-state index in [0.717, 1.165) is 32.0 Å². The van der Waals surface area contributed by atoms with E-state index in [2.05, 4.69) is 9.80 Å². The van der Waals surface area contributed by atoms with Crippen LogP contribution >= 0.6 is 0 Å². The summed E-state index contributed by atoms with van der Waals surface area (Å²) in [4.78, 5) is 17.0. The normalized spacial score (nSPS) is 27.6. The third kappa shape index (κ3) is 3.53. The maximum atomic E-state index is 12.3. The smallest absolute Gasteiger partial charge is 0.224 e. The van der Waals surface area contributed by atoms with Gasteiger partial charge in [-0.1, -0.05) is 6.42 Å². The lowest BCUT2D eigenvalue weighted by Gasteiger charge is -2.40. The summed E-state index contributed by atoms with van der Waals surface area (Å²) in [6.07, 6.45) is 9.45. The van der Waals surface area contributed by atoms with Gasteiger partial charge < -0.3 is 15.5 Å². The van der Waals surface area contributed by atoms with Crippen molar-refractivity contribution in [2.75, 3.05) is 26.2 Å². The summed E-state index contributed by atoms with van der Waals surface area (Å²) in [5.74, 6) is 0.923. The minimum absolute atomic E-state index is 0.113. The first-order chi connectivity index (χ1) is 9.74. The standard InChI is InChI=1S/C16H29N3O/c17-15(13-4-5-13)12-16(20)19-10-6-14(7-11-19)18-8-2-1-3-9-18/h13-15H,1-12,17H2. The van der Waals surface area contributed by atoms with Crippen LogP contribution in [-0.4, -0.2) is 54.0 Å². The number of likely N-dealkylation sites (tertiary alicyclic amines) is 2. The van der Waals surface area contributed by atoms with Crippen LogP contribution in [0.2, 0.25) is 0 Å². The number of rotatable bonds is 4. The molecule has 2 heterocycles. The summed E-state index contributed by atoms with van der Waals surface area (Å²) in [6, 6.07) is 0.832. The van der Waals surface area contributed by atoms with Crippen LogP contribution in [0.15, 0.2) is 0 Å². The molecule has 0 aromatic carbocycles. The average Bonchev–Trinajstić information content (AvgIpc) is 3.33. The number of carbonyl (C=O) groups excluding carboxylic acids is 1. The Bertz CT molecular complexity index is 329. The van der Waals surface area contributed by atoms with Crippen molar-refractivity contribution in [3.8, 4) is 0 Å². The van der Waals surface area contributed by atoms with E-state index in [0.29, 0.717) is 18.2 Å². The van der Waals surface area contributed by atoms with Crippen LogP contribution in [0.4, 0.5) is 0 Å². The first kappa shape index (κ1) is 14.3. The molecule has 4 heteroatoms. The Hall–Kier alpha value is -0.610. The molecule has 2 aliphatic heterocycles. The number of carbonyl (C=O) groups is 1. The van der Waals surface area contributed by atoms with E-state index in [-0.39, 0.29) is 6.04 Å². The van der Waals surface area contributed by atoms with Gasteiger partial charge >= 0.3 is 0 Å². The molecule has 1 amide bonds. The second-order valence-corrected chi connectivity index (χ2v) is 6.91. The molecule has 1 aliphatic carbocycles. The van der Waals surface area contributed by atoms with Crippen molar-refractivity contribution in [3.63, 3.8) is 0 Å². The van der Waals surface area contributed by atoms with Gasteiger partial charge in [0.25, 0.3) is 0 Å². The van der Waals surface area contributed by atoms with Gasteiger partial charge in [0.1, 0.15) is 0 Å². The van der Waals surface area contributed by atoms with E-state index in [4.69, 9.17) is 5.73 Å². The molecule has 1 saturated carbocycles. The zero-order chi connectivity index (χ0) is 13.9. The van der Waals surface area contributed by atoms with Crippen molar-refractivity contribution in [2.24, 2.45) is 11.7 Å². The lowest BCUT2D eigenvalue weighted by molar-refractivity contribution is -0.133. The molecule has 3 aliphatic rings. The summed E-state index contributed by atoms with van der Waals surface area (Å²) < 4.78 is 0. The van der Waals surface area contributed by atoms with Crippen LogP contribution in [-0.2, 0) is 4.79 Å². The van der Waals surface area contributed by atoms with Crippen molar-refractivity contribution in [2.45, 2.75) is 63.5 Å². The fraction of sp³-hybridized carbons (Fsp3) is 0.938. The first-order valence-electron chi connectivity index (χ1n) is 8.51. The maximum Gasteiger partial charge on any atom is 0.224 e. The highest BCUT2D eigenvalue weighted by Crippen LogP contribution is 2.33. The summed E-state index contributed by atoms with van der Waals surface area (Å²) in [5, 5.41) is 0. The zero-order valence-electron chi connectivity index (χ0n) is 12.6. The third-order valence-electron chi connectivity index (χ3n) is 5.36. The maximum absolute atomic E-state index is 12.3. The Morgan fingerprint density at radius 3 is 2.25 bits per heavy atom. The number of nitrogens with zero attached hydrogens (tertiary/aromatic N) is 2. The molecular weight excluding hydrogens is 250 g/mol. The minimum Gasteiger partial charge on any atom is -0.343 e. The summed E-state index contributed by atoms with van der Waals surface area (Å²) in [7, 11) is 0. The molecule has 2 N–H and O–H groups in total. The van der Waals surface area contributed by atoms with E-state index >= 15 is 0 Å². The molecular formula is C16H29N3O. The van der Waals surface area contributed by atoms with Gasteiger partial charge in [0.15, 0.2) is 0 Å². The molecule has 3 rings (SSSR count). The predicted molar refractivity (Wildman–Crippen MR) is 80.3 cm³/mol. The van der Waals surface area contributed by atoms with Crippen LogP contribution < -0.4 is 5.73 Å². The van der Waals surface area contributed by atoms with Gasteiger partial charge in [-0.2, -0.15) is 0 Å². The molecule has 1 unspecified atom stereocenters. The highest BCUT2D eigenvalue weighted by atomic mass is 16.2. The first-order valence-corrected chi connectivity index (χ1v) is 8.51. The van der Waals surface area contributed by atoms with E-state index in [1.54, 1.807) is 0 Å². The number of nitrogens with two attached hydrogens (primary N) is 1. The Balaban J connectivity index is 1.41. The number of piperidine rings is 2. The van der Waals surface area contributed by atoms with Crippen molar-refractivity contribution in [1.29, 1.82) is 0 Å². The van der Waals surface area contributed by atoms with Gasteiger partial charge in [-0.15, -0.1) is 0 Å². The van der Waals surface area contributed by atoms with Crippen molar-refractivity contribution in [1.82, 2.24) is 9.80 Å². The van der Waals surface area contributed by atoms with Crippen LogP contribution in [0.3, 0.4) is 0 Å². The number of amides is 1. The van der Waals surface area contributed by atoms with Crippen molar-refractivity contribution in [3.05, 3.63) is 0 Å². The second kappa shape index (κ2) is 6.44. The average molecular weight is 279 g/mol. The molecule has 20 heavy (non-hydrogen) atoms. The molecule has 114 valence electrons. The van der Waals surface area contributed by atoms with Gasteiger partial charge in [-0.05, 0) is 57.5 Å².